The number of rotatable bonds is 3. The summed E-state index contributed by atoms with van der Waals surface area (Å²) in [6.45, 7) is 0. The molecule has 0 spiro atoms. The number of hydrogen-bond donors (Lipinski definition) is 2. The molecule has 0 radical (unpaired) electrons. The van der Waals surface area contributed by atoms with Crippen molar-refractivity contribution in [2.24, 2.45) is 12.1 Å². The molecule has 0 saturated carbocycles. The van der Waals surface area contributed by atoms with E-state index in [4.69, 9.17) is 12.2 Å². The van der Waals surface area contributed by atoms with Crippen LogP contribution >= 0.6 is 28.1 Å². The molecule has 0 saturated heterocycles. The first-order valence-corrected chi connectivity index (χ1v) is 8.23. The Morgan fingerprint density at radius 3 is 2.70 bits per heavy atom. The van der Waals surface area contributed by atoms with Crippen molar-refractivity contribution >= 4 is 56.1 Å². The molecular weight excluding hydrogens is 372 g/mol. The molecule has 1 heterocycles. The van der Waals surface area contributed by atoms with Crippen LogP contribution in [0.25, 0.3) is 10.9 Å². The summed E-state index contributed by atoms with van der Waals surface area (Å²) in [5.41, 5.74) is 5.96. The second-order valence-electron chi connectivity index (χ2n) is 5.04. The molecule has 0 amide bonds. The standard InChI is InChI=1S/C17H15BrN4S/c1-22-11-12(15-4-2-3-5-16(15)22)10-19-21-17(23)20-14-8-6-13(18)7-9-14/h2-11H,1H3,(H2,20,21,23)/b19-10+. The predicted molar refractivity (Wildman–Crippen MR) is 104 cm³/mol. The van der Waals surface area contributed by atoms with E-state index in [0.29, 0.717) is 5.11 Å². The van der Waals surface area contributed by atoms with E-state index >= 15 is 0 Å². The van der Waals surface area contributed by atoms with Crippen molar-refractivity contribution < 1.29 is 0 Å². The Bertz CT molecular complexity index is 868. The third-order valence-electron chi connectivity index (χ3n) is 3.40. The highest BCUT2D eigenvalue weighted by atomic mass is 79.9. The van der Waals surface area contributed by atoms with Gasteiger partial charge in [0.15, 0.2) is 5.11 Å². The number of aromatic nitrogens is 1. The summed E-state index contributed by atoms with van der Waals surface area (Å²) in [6, 6.07) is 16.0. The second-order valence-corrected chi connectivity index (χ2v) is 6.37. The number of benzene rings is 2. The third-order valence-corrected chi connectivity index (χ3v) is 4.12. The Morgan fingerprint density at radius 2 is 1.91 bits per heavy atom. The van der Waals surface area contributed by atoms with Crippen LogP contribution in [0.4, 0.5) is 5.69 Å². The number of aryl methyl sites for hydroxylation is 1. The molecule has 0 fully saturated rings. The summed E-state index contributed by atoms with van der Waals surface area (Å²) >= 11 is 8.63. The van der Waals surface area contributed by atoms with Crippen molar-refractivity contribution in [3.63, 3.8) is 0 Å². The molecule has 0 aliphatic heterocycles. The fourth-order valence-electron chi connectivity index (χ4n) is 2.33. The maximum Gasteiger partial charge on any atom is 0.191 e. The zero-order valence-corrected chi connectivity index (χ0v) is 14.9. The molecule has 6 heteroatoms. The summed E-state index contributed by atoms with van der Waals surface area (Å²) in [5, 5.41) is 8.90. The fraction of sp³-hybridized carbons (Fsp3) is 0.0588. The molecule has 0 bridgehead atoms. The van der Waals surface area contributed by atoms with Gasteiger partial charge in [0, 0.05) is 39.9 Å². The van der Waals surface area contributed by atoms with Crippen molar-refractivity contribution in [1.82, 2.24) is 9.99 Å². The first kappa shape index (κ1) is 15.7. The number of halogens is 1. The van der Waals surface area contributed by atoms with Crippen LogP contribution in [0.5, 0.6) is 0 Å². The molecule has 23 heavy (non-hydrogen) atoms. The average Bonchev–Trinajstić information content (AvgIpc) is 2.87. The summed E-state index contributed by atoms with van der Waals surface area (Å²) < 4.78 is 3.10. The zero-order valence-electron chi connectivity index (χ0n) is 12.5. The van der Waals surface area contributed by atoms with Gasteiger partial charge in [-0.3, -0.25) is 5.43 Å². The maximum absolute atomic E-state index is 5.23. The number of fused-ring (bicyclic) bond motifs is 1. The SMILES string of the molecule is Cn1cc(/C=N/NC(=S)Nc2ccc(Br)cc2)c2ccccc21. The molecule has 1 aromatic heterocycles. The van der Waals surface area contributed by atoms with Gasteiger partial charge in [-0.2, -0.15) is 5.10 Å². The molecule has 0 aliphatic rings. The Hall–Kier alpha value is -2.18. The molecule has 0 unspecified atom stereocenters. The zero-order chi connectivity index (χ0) is 16.2. The number of thiocarbonyl (C=S) groups is 1. The van der Waals surface area contributed by atoms with Gasteiger partial charge in [0.05, 0.1) is 6.21 Å². The van der Waals surface area contributed by atoms with E-state index in [1.165, 1.54) is 5.52 Å². The highest BCUT2D eigenvalue weighted by Gasteiger charge is 2.03. The van der Waals surface area contributed by atoms with E-state index in [9.17, 15) is 0 Å². The van der Waals surface area contributed by atoms with Gasteiger partial charge >= 0.3 is 0 Å². The van der Waals surface area contributed by atoms with Crippen LogP contribution in [0, 0.1) is 0 Å². The van der Waals surface area contributed by atoms with Crippen LogP contribution in [0.1, 0.15) is 5.56 Å². The van der Waals surface area contributed by atoms with Crippen LogP contribution in [0.15, 0.2) is 64.3 Å². The summed E-state index contributed by atoms with van der Waals surface area (Å²) in [6.07, 6.45) is 3.82. The Labute approximate surface area is 148 Å². The number of hydrazone groups is 1. The molecule has 3 aromatic rings. The van der Waals surface area contributed by atoms with Crippen molar-refractivity contribution in [1.29, 1.82) is 0 Å². The lowest BCUT2D eigenvalue weighted by Gasteiger charge is -2.06. The van der Waals surface area contributed by atoms with Gasteiger partial charge in [-0.05, 0) is 42.5 Å². The van der Waals surface area contributed by atoms with E-state index in [2.05, 4.69) is 48.5 Å². The summed E-state index contributed by atoms with van der Waals surface area (Å²) in [7, 11) is 2.02. The van der Waals surface area contributed by atoms with Crippen molar-refractivity contribution in [2.75, 3.05) is 5.32 Å². The molecule has 0 atom stereocenters. The smallest absolute Gasteiger partial charge is 0.191 e. The topological polar surface area (TPSA) is 41.4 Å². The fourth-order valence-corrected chi connectivity index (χ4v) is 2.76. The monoisotopic (exact) mass is 386 g/mol. The maximum atomic E-state index is 5.23. The van der Waals surface area contributed by atoms with Gasteiger partial charge < -0.3 is 9.88 Å². The van der Waals surface area contributed by atoms with Gasteiger partial charge in [-0.15, -0.1) is 0 Å². The quantitative estimate of drug-likeness (QED) is 0.401. The van der Waals surface area contributed by atoms with Crippen LogP contribution in [-0.4, -0.2) is 15.9 Å². The lowest BCUT2D eigenvalue weighted by Crippen LogP contribution is -2.23. The number of hydrogen-bond acceptors (Lipinski definition) is 2. The van der Waals surface area contributed by atoms with E-state index in [1.54, 1.807) is 6.21 Å². The van der Waals surface area contributed by atoms with Crippen LogP contribution in [-0.2, 0) is 7.05 Å². The lowest BCUT2D eigenvalue weighted by atomic mass is 10.2. The first-order valence-electron chi connectivity index (χ1n) is 7.03. The number of nitrogens with zero attached hydrogens (tertiary/aromatic N) is 2. The molecule has 0 aliphatic carbocycles. The van der Waals surface area contributed by atoms with E-state index in [0.717, 1.165) is 21.1 Å². The van der Waals surface area contributed by atoms with Gasteiger partial charge in [0.1, 0.15) is 0 Å². The molecule has 4 nitrogen and oxygen atoms in total. The van der Waals surface area contributed by atoms with E-state index in [1.807, 2.05) is 49.6 Å². The minimum atomic E-state index is 0.448. The molecule has 3 rings (SSSR count). The number of para-hydroxylation sites is 1. The minimum absolute atomic E-state index is 0.448. The second kappa shape index (κ2) is 6.93. The van der Waals surface area contributed by atoms with Crippen molar-refractivity contribution in [2.45, 2.75) is 0 Å². The van der Waals surface area contributed by atoms with E-state index < -0.39 is 0 Å². The van der Waals surface area contributed by atoms with Crippen LogP contribution < -0.4 is 10.7 Å². The molecule has 2 N–H and O–H groups in total. The lowest BCUT2D eigenvalue weighted by molar-refractivity contribution is 0.967. The predicted octanol–water partition coefficient (Wildman–Crippen LogP) is 4.26. The number of nitrogens with one attached hydrogen (secondary N) is 2. The van der Waals surface area contributed by atoms with Gasteiger partial charge in [-0.25, -0.2) is 0 Å². The third kappa shape index (κ3) is 3.78. The van der Waals surface area contributed by atoms with E-state index in [-0.39, 0.29) is 0 Å². The minimum Gasteiger partial charge on any atom is -0.350 e. The highest BCUT2D eigenvalue weighted by Crippen LogP contribution is 2.18. The highest BCUT2D eigenvalue weighted by molar-refractivity contribution is 9.10. The summed E-state index contributed by atoms with van der Waals surface area (Å²) in [4.78, 5) is 0. The molecular formula is C17H15BrN4S. The first-order chi connectivity index (χ1) is 11.1. The van der Waals surface area contributed by atoms with Gasteiger partial charge in [0.2, 0.25) is 0 Å². The van der Waals surface area contributed by atoms with Gasteiger partial charge in [-0.1, -0.05) is 34.1 Å². The molecule has 2 aromatic carbocycles. The number of anilines is 1. The van der Waals surface area contributed by atoms with Crippen LogP contribution in [0.3, 0.4) is 0 Å². The van der Waals surface area contributed by atoms with Crippen LogP contribution in [0.2, 0.25) is 0 Å². The van der Waals surface area contributed by atoms with Crippen molar-refractivity contribution in [3.05, 3.63) is 64.8 Å². The van der Waals surface area contributed by atoms with Gasteiger partial charge in [0.25, 0.3) is 0 Å². The Kier molecular flexibility index (Phi) is 4.73. The average molecular weight is 387 g/mol. The van der Waals surface area contributed by atoms with Crippen molar-refractivity contribution in [3.8, 4) is 0 Å². The Balaban J connectivity index is 1.66. The largest absolute Gasteiger partial charge is 0.350 e. The summed E-state index contributed by atoms with van der Waals surface area (Å²) in [5.74, 6) is 0. The Morgan fingerprint density at radius 1 is 1.17 bits per heavy atom. The molecule has 116 valence electrons. The normalized spacial score (nSPS) is 11.0.